The molecule has 1 saturated carbocycles. The van der Waals surface area contributed by atoms with Gasteiger partial charge in [0.2, 0.25) is 0 Å². The second-order valence-corrected chi connectivity index (χ2v) is 5.57. The Morgan fingerprint density at radius 2 is 2.07 bits per heavy atom. The molecule has 1 aromatic rings. The van der Waals surface area contributed by atoms with Gasteiger partial charge in [0.15, 0.2) is 0 Å². The smallest absolute Gasteiger partial charge is 0.0441 e. The molecule has 0 bridgehead atoms. The van der Waals surface area contributed by atoms with Crippen molar-refractivity contribution in [3.05, 3.63) is 34.3 Å². The summed E-state index contributed by atoms with van der Waals surface area (Å²) in [4.78, 5) is 0. The summed E-state index contributed by atoms with van der Waals surface area (Å²) in [6, 6.07) is 6.25. The van der Waals surface area contributed by atoms with Gasteiger partial charge >= 0.3 is 0 Å². The highest BCUT2D eigenvalue weighted by atomic mass is 35.5. The molecule has 1 nitrogen and oxygen atoms in total. The topological polar surface area (TPSA) is 26.0 Å². The van der Waals surface area contributed by atoms with E-state index in [4.69, 9.17) is 17.3 Å². The third-order valence-corrected chi connectivity index (χ3v) is 4.14. The lowest BCUT2D eigenvalue weighted by molar-refractivity contribution is 0.558. The first-order chi connectivity index (χ1) is 6.98. The lowest BCUT2D eigenvalue weighted by Gasteiger charge is -2.06. The molecular formula is C13H18ClN. The van der Waals surface area contributed by atoms with Crippen LogP contribution < -0.4 is 5.73 Å². The SMILES string of the molecule is Cc1ccc(Cl)c([C@H]2[C@H](CN)C2(C)C)c1. The molecule has 1 aliphatic carbocycles. The van der Waals surface area contributed by atoms with Crippen LogP contribution in [-0.4, -0.2) is 6.54 Å². The Hall–Kier alpha value is -0.530. The summed E-state index contributed by atoms with van der Waals surface area (Å²) >= 11 is 6.24. The second-order valence-electron chi connectivity index (χ2n) is 5.17. The van der Waals surface area contributed by atoms with Crippen molar-refractivity contribution in [3.63, 3.8) is 0 Å². The molecule has 2 heteroatoms. The Morgan fingerprint density at radius 3 is 2.60 bits per heavy atom. The summed E-state index contributed by atoms with van der Waals surface area (Å²) in [6.45, 7) is 7.40. The fourth-order valence-corrected chi connectivity index (χ4v) is 2.94. The molecule has 1 aromatic carbocycles. The van der Waals surface area contributed by atoms with Crippen LogP contribution in [0.5, 0.6) is 0 Å². The lowest BCUT2D eigenvalue weighted by Crippen LogP contribution is -2.05. The number of hydrogen-bond donors (Lipinski definition) is 1. The Balaban J connectivity index is 2.36. The first-order valence-corrected chi connectivity index (χ1v) is 5.82. The Labute approximate surface area is 96.6 Å². The van der Waals surface area contributed by atoms with E-state index in [9.17, 15) is 0 Å². The first kappa shape index (κ1) is 11.0. The van der Waals surface area contributed by atoms with Crippen LogP contribution in [0.4, 0.5) is 0 Å². The van der Waals surface area contributed by atoms with Gasteiger partial charge < -0.3 is 5.73 Å². The van der Waals surface area contributed by atoms with E-state index in [2.05, 4.69) is 32.9 Å². The van der Waals surface area contributed by atoms with Gasteiger partial charge in [0.1, 0.15) is 0 Å². The minimum absolute atomic E-state index is 0.312. The standard InChI is InChI=1S/C13H18ClN/c1-8-4-5-11(14)9(6-8)12-10(7-15)13(12,2)3/h4-6,10,12H,7,15H2,1-3H3/t10-,12-/m0/s1. The summed E-state index contributed by atoms with van der Waals surface area (Å²) in [5.41, 5.74) is 8.64. The quantitative estimate of drug-likeness (QED) is 0.818. The lowest BCUT2D eigenvalue weighted by atomic mass is 10.0. The van der Waals surface area contributed by atoms with E-state index in [1.54, 1.807) is 0 Å². The molecule has 0 aromatic heterocycles. The molecule has 1 fully saturated rings. The van der Waals surface area contributed by atoms with Gasteiger partial charge in [0.05, 0.1) is 0 Å². The minimum atomic E-state index is 0.312. The summed E-state index contributed by atoms with van der Waals surface area (Å²) < 4.78 is 0. The van der Waals surface area contributed by atoms with E-state index in [0.717, 1.165) is 11.6 Å². The minimum Gasteiger partial charge on any atom is -0.330 e. The number of rotatable bonds is 2. The zero-order valence-corrected chi connectivity index (χ0v) is 10.3. The van der Waals surface area contributed by atoms with Crippen LogP contribution in [0.1, 0.15) is 30.9 Å². The highest BCUT2D eigenvalue weighted by molar-refractivity contribution is 6.31. The summed E-state index contributed by atoms with van der Waals surface area (Å²) in [5.74, 6) is 1.12. The molecule has 0 saturated heterocycles. The van der Waals surface area contributed by atoms with Crippen LogP contribution in [0.15, 0.2) is 18.2 Å². The van der Waals surface area contributed by atoms with E-state index in [1.165, 1.54) is 11.1 Å². The molecule has 15 heavy (non-hydrogen) atoms. The predicted octanol–water partition coefficient (Wildman–Crippen LogP) is 3.35. The molecule has 0 radical (unpaired) electrons. The molecule has 82 valence electrons. The molecule has 0 heterocycles. The number of nitrogens with two attached hydrogens (primary N) is 1. The zero-order chi connectivity index (χ0) is 11.2. The third kappa shape index (κ3) is 1.68. The maximum Gasteiger partial charge on any atom is 0.0441 e. The monoisotopic (exact) mass is 223 g/mol. The van der Waals surface area contributed by atoms with Crippen molar-refractivity contribution in [2.75, 3.05) is 6.54 Å². The highest BCUT2D eigenvalue weighted by Crippen LogP contribution is 2.64. The van der Waals surface area contributed by atoms with E-state index < -0.39 is 0 Å². The second kappa shape index (κ2) is 3.50. The van der Waals surface area contributed by atoms with Gasteiger partial charge in [-0.15, -0.1) is 0 Å². The van der Waals surface area contributed by atoms with Crippen molar-refractivity contribution in [3.8, 4) is 0 Å². The first-order valence-electron chi connectivity index (χ1n) is 5.44. The maximum absolute atomic E-state index is 6.24. The zero-order valence-electron chi connectivity index (χ0n) is 9.55. The van der Waals surface area contributed by atoms with Crippen LogP contribution in [0.3, 0.4) is 0 Å². The van der Waals surface area contributed by atoms with Crippen molar-refractivity contribution >= 4 is 11.6 Å². The van der Waals surface area contributed by atoms with E-state index in [0.29, 0.717) is 17.3 Å². The molecule has 0 spiro atoms. The van der Waals surface area contributed by atoms with Crippen molar-refractivity contribution in [1.82, 2.24) is 0 Å². The van der Waals surface area contributed by atoms with E-state index >= 15 is 0 Å². The average Bonchev–Trinajstić information content (AvgIpc) is 2.72. The molecule has 1 aliphatic rings. The highest BCUT2D eigenvalue weighted by Gasteiger charge is 2.57. The van der Waals surface area contributed by atoms with Gasteiger partial charge in [-0.1, -0.05) is 43.1 Å². The molecule has 2 rings (SSSR count). The van der Waals surface area contributed by atoms with Crippen LogP contribution in [0.25, 0.3) is 0 Å². The molecular weight excluding hydrogens is 206 g/mol. The van der Waals surface area contributed by atoms with Gasteiger partial charge in [-0.2, -0.15) is 0 Å². The summed E-state index contributed by atoms with van der Waals surface area (Å²) in [7, 11) is 0. The van der Waals surface area contributed by atoms with Gasteiger partial charge in [-0.05, 0) is 42.3 Å². The molecule has 2 N–H and O–H groups in total. The summed E-state index contributed by atoms with van der Waals surface area (Å²) in [6.07, 6.45) is 0. The molecule has 0 unspecified atom stereocenters. The maximum atomic E-state index is 6.24. The fourth-order valence-electron chi connectivity index (χ4n) is 2.70. The van der Waals surface area contributed by atoms with Crippen molar-refractivity contribution in [2.24, 2.45) is 17.1 Å². The third-order valence-electron chi connectivity index (χ3n) is 3.79. The van der Waals surface area contributed by atoms with E-state index in [-0.39, 0.29) is 0 Å². The van der Waals surface area contributed by atoms with Crippen LogP contribution in [-0.2, 0) is 0 Å². The van der Waals surface area contributed by atoms with Crippen LogP contribution >= 0.6 is 11.6 Å². The van der Waals surface area contributed by atoms with Gasteiger partial charge in [0, 0.05) is 5.02 Å². The Kier molecular flexibility index (Phi) is 2.56. The van der Waals surface area contributed by atoms with Crippen LogP contribution in [0, 0.1) is 18.3 Å². The average molecular weight is 224 g/mol. The number of benzene rings is 1. The van der Waals surface area contributed by atoms with Crippen molar-refractivity contribution in [2.45, 2.75) is 26.7 Å². The van der Waals surface area contributed by atoms with Crippen LogP contribution in [0.2, 0.25) is 5.02 Å². The van der Waals surface area contributed by atoms with Gasteiger partial charge in [-0.3, -0.25) is 0 Å². The summed E-state index contributed by atoms with van der Waals surface area (Å²) in [5, 5.41) is 0.884. The molecule has 0 aliphatic heterocycles. The Bertz CT molecular complexity index is 384. The van der Waals surface area contributed by atoms with Gasteiger partial charge in [0.25, 0.3) is 0 Å². The van der Waals surface area contributed by atoms with Crippen molar-refractivity contribution in [1.29, 1.82) is 0 Å². The fraction of sp³-hybridized carbons (Fsp3) is 0.538. The Morgan fingerprint density at radius 1 is 1.40 bits per heavy atom. The normalized spacial score (nSPS) is 27.8. The van der Waals surface area contributed by atoms with Crippen molar-refractivity contribution < 1.29 is 0 Å². The van der Waals surface area contributed by atoms with E-state index in [1.807, 2.05) is 6.07 Å². The predicted molar refractivity (Wildman–Crippen MR) is 65.3 cm³/mol. The molecule has 0 amide bonds. The number of halogens is 1. The van der Waals surface area contributed by atoms with Gasteiger partial charge in [-0.25, -0.2) is 0 Å². The largest absolute Gasteiger partial charge is 0.330 e. The number of aryl methyl sites for hydroxylation is 1. The molecule has 2 atom stereocenters. The number of hydrogen-bond acceptors (Lipinski definition) is 1.